The second-order valence-corrected chi connectivity index (χ2v) is 5.33. The molecule has 88 valence electrons. The van der Waals surface area contributed by atoms with Gasteiger partial charge in [-0.2, -0.15) is 0 Å². The molecule has 1 saturated carbocycles. The molecule has 0 unspecified atom stereocenters. The molecule has 0 bridgehead atoms. The molecule has 3 heteroatoms. The van der Waals surface area contributed by atoms with Crippen LogP contribution in [0.1, 0.15) is 43.7 Å². The van der Waals surface area contributed by atoms with Crippen LogP contribution in [0.4, 0.5) is 0 Å². The lowest BCUT2D eigenvalue weighted by molar-refractivity contribution is 0.309. The number of nitrogens with zero attached hydrogens (tertiary/aromatic N) is 2. The summed E-state index contributed by atoms with van der Waals surface area (Å²) < 4.78 is 2.40. The predicted octanol–water partition coefficient (Wildman–Crippen LogP) is 2.15. The van der Waals surface area contributed by atoms with E-state index in [1.807, 2.05) is 6.33 Å². The Labute approximate surface area is 97.3 Å². The summed E-state index contributed by atoms with van der Waals surface area (Å²) in [4.78, 5) is 4.33. The van der Waals surface area contributed by atoms with Crippen molar-refractivity contribution in [2.75, 3.05) is 13.1 Å². The lowest BCUT2D eigenvalue weighted by Crippen LogP contribution is -2.41. The molecule has 1 N–H and O–H groups in total. The molecule has 0 spiro atoms. The van der Waals surface area contributed by atoms with Gasteiger partial charge in [0.2, 0.25) is 0 Å². The first-order chi connectivity index (χ1) is 7.93. The molecule has 0 radical (unpaired) electrons. The zero-order valence-corrected chi connectivity index (χ0v) is 9.86. The summed E-state index contributed by atoms with van der Waals surface area (Å²) in [5.41, 5.74) is 1.45. The maximum absolute atomic E-state index is 4.33. The minimum absolute atomic E-state index is 0.714. The van der Waals surface area contributed by atoms with Gasteiger partial charge in [-0.3, -0.25) is 0 Å². The van der Waals surface area contributed by atoms with Gasteiger partial charge in [-0.05, 0) is 18.8 Å². The van der Waals surface area contributed by atoms with Gasteiger partial charge in [0, 0.05) is 37.4 Å². The van der Waals surface area contributed by atoms with E-state index < -0.39 is 0 Å². The minimum atomic E-state index is 0.714. The van der Waals surface area contributed by atoms with E-state index >= 15 is 0 Å². The van der Waals surface area contributed by atoms with Crippen LogP contribution in [-0.4, -0.2) is 22.6 Å². The van der Waals surface area contributed by atoms with Gasteiger partial charge < -0.3 is 9.88 Å². The van der Waals surface area contributed by atoms with Crippen molar-refractivity contribution in [3.63, 3.8) is 0 Å². The fourth-order valence-electron chi connectivity index (χ4n) is 2.97. The molecule has 1 saturated heterocycles. The third-order valence-corrected chi connectivity index (χ3v) is 4.12. The molecule has 1 aromatic rings. The zero-order chi connectivity index (χ0) is 10.8. The average molecular weight is 219 g/mol. The van der Waals surface area contributed by atoms with Crippen molar-refractivity contribution < 1.29 is 0 Å². The van der Waals surface area contributed by atoms with Crippen LogP contribution in [-0.2, 0) is 6.54 Å². The quantitative estimate of drug-likeness (QED) is 0.844. The van der Waals surface area contributed by atoms with Crippen molar-refractivity contribution in [2.24, 2.45) is 5.92 Å². The van der Waals surface area contributed by atoms with Gasteiger partial charge in [0.05, 0.1) is 6.33 Å². The molecular formula is C13H21N3. The Hall–Kier alpha value is -0.830. The third-order valence-electron chi connectivity index (χ3n) is 4.12. The van der Waals surface area contributed by atoms with Crippen LogP contribution in [0.3, 0.4) is 0 Å². The Kier molecular flexibility index (Phi) is 2.96. The highest BCUT2D eigenvalue weighted by Gasteiger charge is 2.23. The van der Waals surface area contributed by atoms with Crippen molar-refractivity contribution in [3.05, 3.63) is 18.2 Å². The Bertz CT molecular complexity index is 335. The molecule has 2 aliphatic rings. The van der Waals surface area contributed by atoms with Gasteiger partial charge in [0.25, 0.3) is 0 Å². The van der Waals surface area contributed by atoms with Crippen molar-refractivity contribution in [1.82, 2.24) is 14.9 Å². The molecule has 2 fully saturated rings. The lowest BCUT2D eigenvalue weighted by Gasteiger charge is -2.29. The number of hydrogen-bond donors (Lipinski definition) is 1. The van der Waals surface area contributed by atoms with Gasteiger partial charge in [-0.1, -0.05) is 19.3 Å². The fourth-order valence-corrected chi connectivity index (χ4v) is 2.97. The van der Waals surface area contributed by atoms with Crippen molar-refractivity contribution >= 4 is 0 Å². The monoisotopic (exact) mass is 219 g/mol. The van der Waals surface area contributed by atoms with Gasteiger partial charge in [0.1, 0.15) is 0 Å². The van der Waals surface area contributed by atoms with Crippen LogP contribution < -0.4 is 5.32 Å². The maximum Gasteiger partial charge on any atom is 0.0948 e. The van der Waals surface area contributed by atoms with Crippen LogP contribution in [0, 0.1) is 5.92 Å². The molecule has 0 amide bonds. The van der Waals surface area contributed by atoms with E-state index in [9.17, 15) is 0 Å². The maximum atomic E-state index is 4.33. The van der Waals surface area contributed by atoms with Gasteiger partial charge in [0.15, 0.2) is 0 Å². The Morgan fingerprint density at radius 2 is 2.06 bits per heavy atom. The molecule has 2 heterocycles. The standard InChI is InChI=1S/C13H21N3/c1-2-4-11(5-3-1)9-16-10-15-8-13(16)12-6-14-7-12/h8,10-12,14H,1-7,9H2. The number of aromatic nitrogens is 2. The largest absolute Gasteiger partial charge is 0.334 e. The Morgan fingerprint density at radius 3 is 2.75 bits per heavy atom. The molecule has 16 heavy (non-hydrogen) atoms. The summed E-state index contributed by atoms with van der Waals surface area (Å²) in [5.74, 6) is 1.61. The minimum Gasteiger partial charge on any atom is -0.334 e. The van der Waals surface area contributed by atoms with Crippen LogP contribution in [0.15, 0.2) is 12.5 Å². The zero-order valence-electron chi connectivity index (χ0n) is 9.86. The van der Waals surface area contributed by atoms with E-state index in [1.165, 1.54) is 44.3 Å². The lowest BCUT2D eigenvalue weighted by atomic mass is 9.89. The van der Waals surface area contributed by atoms with Crippen LogP contribution in [0.2, 0.25) is 0 Å². The number of hydrogen-bond acceptors (Lipinski definition) is 2. The number of rotatable bonds is 3. The predicted molar refractivity (Wildman–Crippen MR) is 64.4 cm³/mol. The van der Waals surface area contributed by atoms with Crippen molar-refractivity contribution in [3.8, 4) is 0 Å². The molecule has 3 rings (SSSR count). The molecule has 1 aliphatic heterocycles. The number of nitrogens with one attached hydrogen (secondary N) is 1. The summed E-state index contributed by atoms with van der Waals surface area (Å²) in [6.45, 7) is 3.47. The van der Waals surface area contributed by atoms with E-state index in [-0.39, 0.29) is 0 Å². The molecule has 1 aliphatic carbocycles. The molecule has 1 aromatic heterocycles. The van der Waals surface area contributed by atoms with Crippen LogP contribution >= 0.6 is 0 Å². The average Bonchev–Trinajstić information content (AvgIpc) is 2.66. The third kappa shape index (κ3) is 2.01. The van der Waals surface area contributed by atoms with E-state index in [0.717, 1.165) is 19.0 Å². The van der Waals surface area contributed by atoms with Crippen molar-refractivity contribution in [2.45, 2.75) is 44.6 Å². The van der Waals surface area contributed by atoms with Gasteiger partial charge in [-0.25, -0.2) is 4.98 Å². The second-order valence-electron chi connectivity index (χ2n) is 5.33. The molecule has 3 nitrogen and oxygen atoms in total. The normalized spacial score (nSPS) is 23.2. The molecular weight excluding hydrogens is 198 g/mol. The Morgan fingerprint density at radius 1 is 1.25 bits per heavy atom. The topological polar surface area (TPSA) is 29.9 Å². The van der Waals surface area contributed by atoms with E-state index in [0.29, 0.717) is 5.92 Å². The highest BCUT2D eigenvalue weighted by molar-refractivity contribution is 5.11. The van der Waals surface area contributed by atoms with Crippen molar-refractivity contribution in [1.29, 1.82) is 0 Å². The first kappa shape index (κ1) is 10.3. The second kappa shape index (κ2) is 4.58. The summed E-state index contributed by atoms with van der Waals surface area (Å²) in [5, 5.41) is 3.34. The molecule has 0 aromatic carbocycles. The SMILES string of the molecule is c1ncn(CC2CCCCC2)c1C1CNC1. The van der Waals surface area contributed by atoms with Crippen LogP contribution in [0.5, 0.6) is 0 Å². The smallest absolute Gasteiger partial charge is 0.0948 e. The fraction of sp³-hybridized carbons (Fsp3) is 0.769. The summed E-state index contributed by atoms with van der Waals surface area (Å²) in [7, 11) is 0. The highest BCUT2D eigenvalue weighted by Crippen LogP contribution is 2.27. The summed E-state index contributed by atoms with van der Waals surface area (Å²) >= 11 is 0. The van der Waals surface area contributed by atoms with Crippen LogP contribution in [0.25, 0.3) is 0 Å². The van der Waals surface area contributed by atoms with Gasteiger partial charge in [-0.15, -0.1) is 0 Å². The van der Waals surface area contributed by atoms with E-state index in [1.54, 1.807) is 0 Å². The Balaban J connectivity index is 1.66. The summed E-state index contributed by atoms with van der Waals surface area (Å²) in [6.07, 6.45) is 11.2. The highest BCUT2D eigenvalue weighted by atomic mass is 15.1. The first-order valence-electron chi connectivity index (χ1n) is 6.64. The van der Waals surface area contributed by atoms with E-state index in [4.69, 9.17) is 0 Å². The first-order valence-corrected chi connectivity index (χ1v) is 6.64. The summed E-state index contributed by atoms with van der Waals surface area (Å²) in [6, 6.07) is 0. The van der Waals surface area contributed by atoms with E-state index in [2.05, 4.69) is 21.1 Å². The molecule has 0 atom stereocenters. The van der Waals surface area contributed by atoms with Gasteiger partial charge >= 0.3 is 0 Å². The number of imidazole rings is 1.